The molecule has 1 atom stereocenters. The van der Waals surface area contributed by atoms with Crippen molar-refractivity contribution in [3.63, 3.8) is 0 Å². The van der Waals surface area contributed by atoms with Crippen LogP contribution in [-0.4, -0.2) is 43.3 Å². The number of sulfonamides is 1. The van der Waals surface area contributed by atoms with E-state index in [-0.39, 0.29) is 12.5 Å². The van der Waals surface area contributed by atoms with Crippen LogP contribution in [0.3, 0.4) is 0 Å². The Morgan fingerprint density at radius 1 is 1.38 bits per heavy atom. The van der Waals surface area contributed by atoms with Crippen LogP contribution in [0.2, 0.25) is 0 Å². The minimum atomic E-state index is -3.54. The van der Waals surface area contributed by atoms with Crippen molar-refractivity contribution in [2.24, 2.45) is 5.92 Å². The van der Waals surface area contributed by atoms with Crippen molar-refractivity contribution < 1.29 is 17.9 Å². The van der Waals surface area contributed by atoms with E-state index in [1.54, 1.807) is 17.5 Å². The maximum atomic E-state index is 12.8. The van der Waals surface area contributed by atoms with E-state index < -0.39 is 15.9 Å². The number of hydrogen-bond donors (Lipinski definition) is 1. The van der Waals surface area contributed by atoms with Crippen LogP contribution in [0.5, 0.6) is 5.75 Å². The molecule has 2 aromatic heterocycles. The van der Waals surface area contributed by atoms with Gasteiger partial charge in [0.25, 0.3) is 10.0 Å². The summed E-state index contributed by atoms with van der Waals surface area (Å²) in [5.74, 6) is 0.174. The highest BCUT2D eigenvalue weighted by Crippen LogP contribution is 2.31. The van der Waals surface area contributed by atoms with E-state index in [0.717, 1.165) is 16.0 Å². The Morgan fingerprint density at radius 3 is 3.00 bits per heavy atom. The zero-order chi connectivity index (χ0) is 20.4. The van der Waals surface area contributed by atoms with E-state index in [1.807, 2.05) is 25.1 Å². The SMILES string of the molecule is CCOc1ccc2nc(NC(=O)[C@H]3CCCN(S(=O)(=O)c4cccs4)C3)sc2c1. The second-order valence-corrected chi connectivity index (χ2v) is 10.8. The van der Waals surface area contributed by atoms with Crippen LogP contribution in [-0.2, 0) is 14.8 Å². The molecule has 1 aliphatic heterocycles. The quantitative estimate of drug-likeness (QED) is 0.616. The van der Waals surface area contributed by atoms with Gasteiger partial charge in [-0.3, -0.25) is 4.79 Å². The standard InChI is InChI=1S/C19H21N3O4S3/c1-2-26-14-7-8-15-16(11-14)28-19(20-15)21-18(23)13-5-3-9-22(12-13)29(24,25)17-6-4-10-27-17/h4,6-8,10-11,13H,2-3,5,9,12H2,1H3,(H,20,21,23)/t13-/m0/s1. The fraction of sp³-hybridized carbons (Fsp3) is 0.368. The van der Waals surface area contributed by atoms with Gasteiger partial charge in [0.1, 0.15) is 9.96 Å². The fourth-order valence-corrected chi connectivity index (χ4v) is 6.90. The molecule has 1 aromatic carbocycles. The van der Waals surface area contributed by atoms with Gasteiger partial charge in [0.2, 0.25) is 5.91 Å². The Hall–Kier alpha value is -2.01. The number of fused-ring (bicyclic) bond motifs is 1. The molecular formula is C19H21N3O4S3. The van der Waals surface area contributed by atoms with Gasteiger partial charge in [-0.2, -0.15) is 4.31 Å². The molecule has 10 heteroatoms. The number of hydrogen-bond acceptors (Lipinski definition) is 7. The third-order valence-corrected chi connectivity index (χ3v) is 8.92. The van der Waals surface area contributed by atoms with Crippen molar-refractivity contribution in [3.8, 4) is 5.75 Å². The molecule has 0 spiro atoms. The Morgan fingerprint density at radius 2 is 2.24 bits per heavy atom. The summed E-state index contributed by atoms with van der Waals surface area (Å²) in [5.41, 5.74) is 0.791. The summed E-state index contributed by atoms with van der Waals surface area (Å²) in [7, 11) is -3.54. The lowest BCUT2D eigenvalue weighted by Crippen LogP contribution is -2.43. The first-order valence-corrected chi connectivity index (χ1v) is 12.5. The predicted octanol–water partition coefficient (Wildman–Crippen LogP) is 3.80. The lowest BCUT2D eigenvalue weighted by Gasteiger charge is -2.30. The van der Waals surface area contributed by atoms with Gasteiger partial charge < -0.3 is 10.1 Å². The lowest BCUT2D eigenvalue weighted by atomic mass is 9.99. The zero-order valence-electron chi connectivity index (χ0n) is 15.8. The van der Waals surface area contributed by atoms with Crippen molar-refractivity contribution in [3.05, 3.63) is 35.7 Å². The van der Waals surface area contributed by atoms with Crippen molar-refractivity contribution in [2.75, 3.05) is 25.0 Å². The van der Waals surface area contributed by atoms with Gasteiger partial charge in [0, 0.05) is 13.1 Å². The Labute approximate surface area is 177 Å². The highest BCUT2D eigenvalue weighted by molar-refractivity contribution is 7.91. The summed E-state index contributed by atoms with van der Waals surface area (Å²) in [4.78, 5) is 17.2. The van der Waals surface area contributed by atoms with E-state index in [9.17, 15) is 13.2 Å². The number of rotatable bonds is 6. The van der Waals surface area contributed by atoms with E-state index in [1.165, 1.54) is 27.0 Å². The maximum Gasteiger partial charge on any atom is 0.252 e. The molecule has 7 nitrogen and oxygen atoms in total. The summed E-state index contributed by atoms with van der Waals surface area (Å²) >= 11 is 2.57. The number of piperidine rings is 1. The molecular weight excluding hydrogens is 430 g/mol. The number of amides is 1. The molecule has 3 heterocycles. The number of carbonyl (C=O) groups is 1. The van der Waals surface area contributed by atoms with Crippen LogP contribution in [0.4, 0.5) is 5.13 Å². The molecule has 0 saturated carbocycles. The minimum Gasteiger partial charge on any atom is -0.494 e. The van der Waals surface area contributed by atoms with Crippen molar-refractivity contribution in [1.82, 2.24) is 9.29 Å². The van der Waals surface area contributed by atoms with Gasteiger partial charge in [0.15, 0.2) is 5.13 Å². The van der Waals surface area contributed by atoms with E-state index >= 15 is 0 Å². The molecule has 1 N–H and O–H groups in total. The number of thiazole rings is 1. The van der Waals surface area contributed by atoms with Crippen LogP contribution in [0.25, 0.3) is 10.2 Å². The number of thiophene rings is 1. The molecule has 1 saturated heterocycles. The topological polar surface area (TPSA) is 88.6 Å². The molecule has 1 aliphatic rings. The summed E-state index contributed by atoms with van der Waals surface area (Å²) in [6.07, 6.45) is 1.31. The third kappa shape index (κ3) is 4.30. The van der Waals surface area contributed by atoms with Gasteiger partial charge in [-0.1, -0.05) is 17.4 Å². The van der Waals surface area contributed by atoms with Gasteiger partial charge in [-0.25, -0.2) is 13.4 Å². The number of nitrogens with one attached hydrogen (secondary N) is 1. The predicted molar refractivity (Wildman–Crippen MR) is 115 cm³/mol. The van der Waals surface area contributed by atoms with Crippen LogP contribution in [0.1, 0.15) is 19.8 Å². The highest BCUT2D eigenvalue weighted by atomic mass is 32.2. The second-order valence-electron chi connectivity index (χ2n) is 6.71. The first kappa shape index (κ1) is 20.3. The first-order chi connectivity index (χ1) is 14.0. The largest absolute Gasteiger partial charge is 0.494 e. The third-order valence-electron chi connectivity index (χ3n) is 4.75. The van der Waals surface area contributed by atoms with Crippen LogP contribution in [0, 0.1) is 5.92 Å². The Balaban J connectivity index is 1.46. The number of benzene rings is 1. The molecule has 154 valence electrons. The highest BCUT2D eigenvalue weighted by Gasteiger charge is 2.34. The van der Waals surface area contributed by atoms with E-state index in [4.69, 9.17) is 4.74 Å². The Bertz CT molecular complexity index is 1110. The van der Waals surface area contributed by atoms with Gasteiger partial charge in [-0.15, -0.1) is 11.3 Å². The maximum absolute atomic E-state index is 12.8. The smallest absolute Gasteiger partial charge is 0.252 e. The zero-order valence-corrected chi connectivity index (χ0v) is 18.3. The molecule has 0 radical (unpaired) electrons. The average molecular weight is 452 g/mol. The number of aromatic nitrogens is 1. The van der Waals surface area contributed by atoms with Crippen molar-refractivity contribution in [1.29, 1.82) is 0 Å². The molecule has 0 aliphatic carbocycles. The monoisotopic (exact) mass is 451 g/mol. The molecule has 0 unspecified atom stereocenters. The summed E-state index contributed by atoms with van der Waals surface area (Å²) in [6, 6.07) is 8.94. The van der Waals surface area contributed by atoms with Crippen LogP contribution >= 0.6 is 22.7 Å². The summed E-state index contributed by atoms with van der Waals surface area (Å²) in [6.45, 7) is 3.13. The molecule has 3 aromatic rings. The van der Waals surface area contributed by atoms with E-state index in [2.05, 4.69) is 10.3 Å². The van der Waals surface area contributed by atoms with Crippen molar-refractivity contribution >= 4 is 54.0 Å². The number of ether oxygens (including phenoxy) is 1. The second kappa shape index (κ2) is 8.39. The number of anilines is 1. The molecule has 4 rings (SSSR count). The van der Waals surface area contributed by atoms with Gasteiger partial charge in [-0.05, 0) is 49.4 Å². The fourth-order valence-electron chi connectivity index (χ4n) is 3.33. The summed E-state index contributed by atoms with van der Waals surface area (Å²) in [5, 5.41) is 5.12. The molecule has 0 bridgehead atoms. The van der Waals surface area contributed by atoms with Gasteiger partial charge >= 0.3 is 0 Å². The van der Waals surface area contributed by atoms with Gasteiger partial charge in [0.05, 0.1) is 22.7 Å². The summed E-state index contributed by atoms with van der Waals surface area (Å²) < 4.78 is 33.7. The molecule has 29 heavy (non-hydrogen) atoms. The molecule has 1 fully saturated rings. The van der Waals surface area contributed by atoms with E-state index in [0.29, 0.717) is 35.3 Å². The number of nitrogens with zero attached hydrogens (tertiary/aromatic N) is 2. The normalized spacial score (nSPS) is 18.0. The number of carbonyl (C=O) groups excluding carboxylic acids is 1. The van der Waals surface area contributed by atoms with Crippen LogP contribution < -0.4 is 10.1 Å². The lowest BCUT2D eigenvalue weighted by molar-refractivity contribution is -0.120. The molecule has 1 amide bonds. The Kier molecular flexibility index (Phi) is 5.86. The minimum absolute atomic E-state index is 0.186. The van der Waals surface area contributed by atoms with Crippen molar-refractivity contribution in [2.45, 2.75) is 24.0 Å². The van der Waals surface area contributed by atoms with Crippen LogP contribution in [0.15, 0.2) is 39.9 Å². The average Bonchev–Trinajstić information content (AvgIpc) is 3.38. The first-order valence-electron chi connectivity index (χ1n) is 9.35.